The smallest absolute Gasteiger partial charge is 0.0471 e. The van der Waals surface area contributed by atoms with Gasteiger partial charge in [-0.2, -0.15) is 0 Å². The van der Waals surface area contributed by atoms with Crippen LogP contribution < -0.4 is 0 Å². The van der Waals surface area contributed by atoms with E-state index in [0.717, 1.165) is 19.3 Å². The minimum Gasteiger partial charge on any atom is -0.381 e. The minimum atomic E-state index is 0.627. The van der Waals surface area contributed by atoms with Crippen molar-refractivity contribution in [3.63, 3.8) is 0 Å². The molecule has 0 N–H and O–H groups in total. The molecule has 2 rings (SSSR count). The van der Waals surface area contributed by atoms with Gasteiger partial charge in [-0.1, -0.05) is 6.92 Å². The van der Waals surface area contributed by atoms with Crippen molar-refractivity contribution in [2.45, 2.75) is 45.6 Å². The molecule has 2 nitrogen and oxygen atoms in total. The lowest BCUT2D eigenvalue weighted by Gasteiger charge is -2.34. The molecular formula is C12H23NO. The van der Waals surface area contributed by atoms with E-state index in [2.05, 4.69) is 18.7 Å². The maximum atomic E-state index is 5.46. The number of hydrogen-bond donors (Lipinski definition) is 0. The molecule has 2 aliphatic rings. The van der Waals surface area contributed by atoms with Crippen LogP contribution in [-0.2, 0) is 4.74 Å². The highest BCUT2D eigenvalue weighted by Gasteiger charge is 2.40. The Morgan fingerprint density at radius 2 is 2.00 bits per heavy atom. The zero-order chi connectivity index (χ0) is 10.0. The van der Waals surface area contributed by atoms with Crippen LogP contribution in [0, 0.1) is 5.41 Å². The zero-order valence-corrected chi connectivity index (χ0v) is 9.59. The Bertz CT molecular complexity index is 187. The van der Waals surface area contributed by atoms with Crippen LogP contribution in [0.25, 0.3) is 0 Å². The summed E-state index contributed by atoms with van der Waals surface area (Å²) in [6.45, 7) is 9.28. The van der Waals surface area contributed by atoms with Crippen LogP contribution in [0.3, 0.4) is 0 Å². The quantitative estimate of drug-likeness (QED) is 0.673. The highest BCUT2D eigenvalue weighted by molar-refractivity contribution is 4.92. The highest BCUT2D eigenvalue weighted by atomic mass is 16.5. The molecule has 2 aliphatic heterocycles. The summed E-state index contributed by atoms with van der Waals surface area (Å²) in [5, 5.41) is 0. The summed E-state index contributed by atoms with van der Waals surface area (Å²) in [7, 11) is 0. The van der Waals surface area contributed by atoms with E-state index in [-0.39, 0.29) is 0 Å². The molecular weight excluding hydrogens is 174 g/mol. The van der Waals surface area contributed by atoms with Crippen LogP contribution in [0.4, 0.5) is 0 Å². The Hall–Kier alpha value is -0.0800. The van der Waals surface area contributed by atoms with E-state index >= 15 is 0 Å². The van der Waals surface area contributed by atoms with Gasteiger partial charge in [0, 0.05) is 25.8 Å². The van der Waals surface area contributed by atoms with Crippen molar-refractivity contribution in [1.82, 2.24) is 4.90 Å². The number of rotatable bonds is 2. The van der Waals surface area contributed by atoms with Gasteiger partial charge in [0.05, 0.1) is 0 Å². The van der Waals surface area contributed by atoms with Gasteiger partial charge in [-0.25, -0.2) is 0 Å². The third kappa shape index (κ3) is 1.96. The van der Waals surface area contributed by atoms with Crippen LogP contribution >= 0.6 is 0 Å². The summed E-state index contributed by atoms with van der Waals surface area (Å²) < 4.78 is 5.46. The Balaban J connectivity index is 1.92. The molecule has 2 saturated heterocycles. The van der Waals surface area contributed by atoms with E-state index in [1.165, 1.54) is 38.8 Å². The van der Waals surface area contributed by atoms with Crippen LogP contribution in [0.5, 0.6) is 0 Å². The summed E-state index contributed by atoms with van der Waals surface area (Å²) in [5.74, 6) is 0. The highest BCUT2D eigenvalue weighted by Crippen LogP contribution is 2.40. The first kappa shape index (κ1) is 10.4. The fraction of sp³-hybridized carbons (Fsp3) is 1.00. The second-order valence-corrected chi connectivity index (χ2v) is 5.09. The molecule has 82 valence electrons. The first-order valence-electron chi connectivity index (χ1n) is 6.07. The first-order chi connectivity index (χ1) is 6.76. The van der Waals surface area contributed by atoms with Gasteiger partial charge in [-0.15, -0.1) is 0 Å². The Morgan fingerprint density at radius 1 is 1.29 bits per heavy atom. The second kappa shape index (κ2) is 4.19. The fourth-order valence-corrected chi connectivity index (χ4v) is 2.82. The standard InChI is InChI=1S/C12H23NO/c1-3-11(2)13-7-4-12(10-13)5-8-14-9-6-12/h11H,3-10H2,1-2H3. The topological polar surface area (TPSA) is 12.5 Å². The molecule has 0 amide bonds. The van der Waals surface area contributed by atoms with Gasteiger partial charge in [0.25, 0.3) is 0 Å². The average Bonchev–Trinajstić information content (AvgIpc) is 2.62. The molecule has 0 bridgehead atoms. The lowest BCUT2D eigenvalue weighted by Crippen LogP contribution is -2.36. The van der Waals surface area contributed by atoms with Crippen molar-refractivity contribution in [2.75, 3.05) is 26.3 Å². The zero-order valence-electron chi connectivity index (χ0n) is 9.59. The van der Waals surface area contributed by atoms with E-state index in [9.17, 15) is 0 Å². The molecule has 14 heavy (non-hydrogen) atoms. The average molecular weight is 197 g/mol. The molecule has 0 saturated carbocycles. The summed E-state index contributed by atoms with van der Waals surface area (Å²) in [6.07, 6.45) is 5.27. The maximum absolute atomic E-state index is 5.46. The van der Waals surface area contributed by atoms with Crippen molar-refractivity contribution in [3.8, 4) is 0 Å². The number of hydrogen-bond acceptors (Lipinski definition) is 2. The molecule has 0 radical (unpaired) electrons. The molecule has 2 fully saturated rings. The fourth-order valence-electron chi connectivity index (χ4n) is 2.82. The number of nitrogens with zero attached hydrogens (tertiary/aromatic N) is 1. The van der Waals surface area contributed by atoms with Crippen LogP contribution in [0.2, 0.25) is 0 Å². The van der Waals surface area contributed by atoms with Gasteiger partial charge < -0.3 is 9.64 Å². The summed E-state index contributed by atoms with van der Waals surface area (Å²) in [6, 6.07) is 0.775. The minimum absolute atomic E-state index is 0.627. The summed E-state index contributed by atoms with van der Waals surface area (Å²) in [4.78, 5) is 2.67. The molecule has 0 aromatic rings. The first-order valence-corrected chi connectivity index (χ1v) is 6.07. The van der Waals surface area contributed by atoms with Gasteiger partial charge in [-0.05, 0) is 44.6 Å². The van der Waals surface area contributed by atoms with Crippen molar-refractivity contribution in [1.29, 1.82) is 0 Å². The van der Waals surface area contributed by atoms with Gasteiger partial charge in [0.2, 0.25) is 0 Å². The molecule has 1 spiro atoms. The largest absolute Gasteiger partial charge is 0.381 e. The Labute approximate surface area is 87.6 Å². The Kier molecular flexibility index (Phi) is 3.13. The maximum Gasteiger partial charge on any atom is 0.0471 e. The Morgan fingerprint density at radius 3 is 2.64 bits per heavy atom. The SMILES string of the molecule is CCC(C)N1CCC2(CCOCC2)C1. The van der Waals surface area contributed by atoms with E-state index in [1.54, 1.807) is 0 Å². The molecule has 0 aliphatic carbocycles. The molecule has 0 aromatic carbocycles. The van der Waals surface area contributed by atoms with E-state index < -0.39 is 0 Å². The predicted molar refractivity (Wildman–Crippen MR) is 58.4 cm³/mol. The van der Waals surface area contributed by atoms with Crippen molar-refractivity contribution in [2.24, 2.45) is 5.41 Å². The van der Waals surface area contributed by atoms with E-state index in [0.29, 0.717) is 5.41 Å². The van der Waals surface area contributed by atoms with E-state index in [4.69, 9.17) is 4.74 Å². The van der Waals surface area contributed by atoms with Crippen LogP contribution in [0.15, 0.2) is 0 Å². The summed E-state index contributed by atoms with van der Waals surface area (Å²) >= 11 is 0. The van der Waals surface area contributed by atoms with Gasteiger partial charge in [0.15, 0.2) is 0 Å². The third-order valence-electron chi connectivity index (χ3n) is 4.24. The molecule has 2 heterocycles. The van der Waals surface area contributed by atoms with Gasteiger partial charge in [-0.3, -0.25) is 0 Å². The van der Waals surface area contributed by atoms with Crippen molar-refractivity contribution < 1.29 is 4.74 Å². The lowest BCUT2D eigenvalue weighted by molar-refractivity contribution is 0.0174. The molecule has 2 heteroatoms. The normalized spacial score (nSPS) is 29.6. The van der Waals surface area contributed by atoms with Crippen molar-refractivity contribution >= 4 is 0 Å². The van der Waals surface area contributed by atoms with Gasteiger partial charge >= 0.3 is 0 Å². The second-order valence-electron chi connectivity index (χ2n) is 5.09. The number of ether oxygens (including phenoxy) is 1. The molecule has 1 atom stereocenters. The van der Waals surface area contributed by atoms with Crippen LogP contribution in [0.1, 0.15) is 39.5 Å². The molecule has 0 aromatic heterocycles. The van der Waals surface area contributed by atoms with Gasteiger partial charge in [0.1, 0.15) is 0 Å². The number of likely N-dealkylation sites (tertiary alicyclic amines) is 1. The van der Waals surface area contributed by atoms with Crippen molar-refractivity contribution in [3.05, 3.63) is 0 Å². The lowest BCUT2D eigenvalue weighted by atomic mass is 9.80. The van der Waals surface area contributed by atoms with Crippen LogP contribution in [-0.4, -0.2) is 37.2 Å². The predicted octanol–water partition coefficient (Wildman–Crippen LogP) is 2.29. The van der Waals surface area contributed by atoms with E-state index in [1.807, 2.05) is 0 Å². The summed E-state index contributed by atoms with van der Waals surface area (Å²) in [5.41, 5.74) is 0.627. The molecule has 1 unspecified atom stereocenters. The monoisotopic (exact) mass is 197 g/mol. The third-order valence-corrected chi connectivity index (χ3v) is 4.24.